The van der Waals surface area contributed by atoms with Gasteiger partial charge in [0.1, 0.15) is 0 Å². The normalized spacial score (nSPS) is 19.2. The van der Waals surface area contributed by atoms with Crippen molar-refractivity contribution in [3.63, 3.8) is 0 Å². The van der Waals surface area contributed by atoms with E-state index in [1.807, 2.05) is 0 Å². The molecule has 2 heteroatoms. The molecule has 0 N–H and O–H groups in total. The smallest absolute Gasteiger partial charge is 0.0230 e. The zero-order chi connectivity index (χ0) is 12.0. The van der Waals surface area contributed by atoms with E-state index in [9.17, 15) is 0 Å². The van der Waals surface area contributed by atoms with Crippen molar-refractivity contribution in [2.24, 2.45) is 5.41 Å². The molecule has 0 unspecified atom stereocenters. The first-order chi connectivity index (χ1) is 7.47. The molecule has 0 amide bonds. The van der Waals surface area contributed by atoms with Crippen molar-refractivity contribution >= 4 is 0 Å². The molecule has 0 aromatic carbocycles. The highest BCUT2D eigenvalue weighted by Crippen LogP contribution is 2.10. The molecule has 92 valence electrons. The summed E-state index contributed by atoms with van der Waals surface area (Å²) in [6.07, 6.45) is 2.26. The second-order valence-electron chi connectivity index (χ2n) is 5.80. The van der Waals surface area contributed by atoms with E-state index in [2.05, 4.69) is 49.5 Å². The van der Waals surface area contributed by atoms with Gasteiger partial charge in [0.25, 0.3) is 0 Å². The molecule has 0 atom stereocenters. The molecule has 16 heavy (non-hydrogen) atoms. The van der Waals surface area contributed by atoms with Crippen molar-refractivity contribution in [2.45, 2.75) is 33.6 Å². The fourth-order valence-electron chi connectivity index (χ4n) is 1.79. The first-order valence-corrected chi connectivity index (χ1v) is 6.38. The van der Waals surface area contributed by atoms with Gasteiger partial charge in [-0.3, -0.25) is 0 Å². The molecule has 2 nitrogen and oxygen atoms in total. The molecule has 0 radical (unpaired) electrons. The Kier molecular flexibility index (Phi) is 5.31. The number of rotatable bonds is 3. The molecule has 1 heterocycles. The van der Waals surface area contributed by atoms with Crippen LogP contribution in [0.25, 0.3) is 0 Å². The van der Waals surface area contributed by atoms with Gasteiger partial charge >= 0.3 is 0 Å². The van der Waals surface area contributed by atoms with Crippen LogP contribution in [-0.4, -0.2) is 49.6 Å². The molecule has 1 rings (SSSR count). The number of nitrogens with zero attached hydrogens (tertiary/aromatic N) is 2. The van der Waals surface area contributed by atoms with Crippen molar-refractivity contribution in [2.75, 3.05) is 39.8 Å². The molecule has 0 saturated carbocycles. The zero-order valence-corrected chi connectivity index (χ0v) is 11.3. The van der Waals surface area contributed by atoms with Crippen LogP contribution in [0.5, 0.6) is 0 Å². The van der Waals surface area contributed by atoms with E-state index in [4.69, 9.17) is 0 Å². The molecule has 0 spiro atoms. The minimum Gasteiger partial charge on any atom is -0.304 e. The molecule has 0 aliphatic carbocycles. The van der Waals surface area contributed by atoms with Gasteiger partial charge in [-0.15, -0.1) is 5.92 Å². The Morgan fingerprint density at radius 2 is 1.69 bits per heavy atom. The van der Waals surface area contributed by atoms with Crippen LogP contribution < -0.4 is 0 Å². The maximum atomic E-state index is 3.29. The molecule has 1 fully saturated rings. The molecule has 1 aliphatic heterocycles. The Balaban J connectivity index is 2.09. The number of likely N-dealkylation sites (N-methyl/N-ethyl adjacent to an activating group) is 1. The van der Waals surface area contributed by atoms with Gasteiger partial charge in [0.2, 0.25) is 0 Å². The standard InChI is InChI=1S/C14H26N2/c1-14(2,3)8-6-5-7-9-16-12-10-15(4)11-13-16/h5,7,9-13H2,1-4H3. The zero-order valence-electron chi connectivity index (χ0n) is 11.3. The third-order valence-corrected chi connectivity index (χ3v) is 2.84. The van der Waals surface area contributed by atoms with Crippen molar-refractivity contribution < 1.29 is 0 Å². The van der Waals surface area contributed by atoms with Crippen LogP contribution in [0.1, 0.15) is 33.6 Å². The van der Waals surface area contributed by atoms with Crippen LogP contribution in [-0.2, 0) is 0 Å². The van der Waals surface area contributed by atoms with Gasteiger partial charge in [0.05, 0.1) is 0 Å². The molecular formula is C14H26N2. The highest BCUT2D eigenvalue weighted by molar-refractivity contribution is 5.06. The number of piperazine rings is 1. The van der Waals surface area contributed by atoms with Crippen LogP contribution in [0, 0.1) is 17.3 Å². The lowest BCUT2D eigenvalue weighted by Gasteiger charge is -2.32. The first kappa shape index (κ1) is 13.5. The van der Waals surface area contributed by atoms with Gasteiger partial charge in [-0.1, -0.05) is 5.92 Å². The third-order valence-electron chi connectivity index (χ3n) is 2.84. The van der Waals surface area contributed by atoms with E-state index in [1.54, 1.807) is 0 Å². The third kappa shape index (κ3) is 6.15. The van der Waals surface area contributed by atoms with E-state index in [0.717, 1.165) is 6.42 Å². The highest BCUT2D eigenvalue weighted by Gasteiger charge is 2.12. The number of hydrogen-bond acceptors (Lipinski definition) is 2. The minimum absolute atomic E-state index is 0.161. The summed E-state index contributed by atoms with van der Waals surface area (Å²) in [7, 11) is 2.20. The van der Waals surface area contributed by atoms with Crippen molar-refractivity contribution in [3.05, 3.63) is 0 Å². The van der Waals surface area contributed by atoms with E-state index in [-0.39, 0.29) is 5.41 Å². The Bertz CT molecular complexity index is 246. The first-order valence-electron chi connectivity index (χ1n) is 6.38. The van der Waals surface area contributed by atoms with E-state index in [1.165, 1.54) is 39.1 Å². The summed E-state index contributed by atoms with van der Waals surface area (Å²) < 4.78 is 0. The summed E-state index contributed by atoms with van der Waals surface area (Å²) in [6.45, 7) is 12.6. The summed E-state index contributed by atoms with van der Waals surface area (Å²) in [5, 5.41) is 0. The summed E-state index contributed by atoms with van der Waals surface area (Å²) in [5.41, 5.74) is 0.161. The summed E-state index contributed by atoms with van der Waals surface area (Å²) in [4.78, 5) is 4.95. The Hall–Kier alpha value is -0.520. The maximum absolute atomic E-state index is 3.29. The van der Waals surface area contributed by atoms with Crippen LogP contribution >= 0.6 is 0 Å². The second-order valence-corrected chi connectivity index (χ2v) is 5.80. The average Bonchev–Trinajstić information content (AvgIpc) is 2.19. The SMILES string of the molecule is CN1CCN(CCCC#CC(C)(C)C)CC1. The van der Waals surface area contributed by atoms with Crippen molar-refractivity contribution in [1.29, 1.82) is 0 Å². The monoisotopic (exact) mass is 222 g/mol. The van der Waals surface area contributed by atoms with E-state index >= 15 is 0 Å². The average molecular weight is 222 g/mol. The van der Waals surface area contributed by atoms with Gasteiger partial charge in [-0.2, -0.15) is 0 Å². The lowest BCUT2D eigenvalue weighted by atomic mass is 9.98. The van der Waals surface area contributed by atoms with Gasteiger partial charge in [0.15, 0.2) is 0 Å². The molecule has 0 aromatic heterocycles. The van der Waals surface area contributed by atoms with Crippen LogP contribution in [0.3, 0.4) is 0 Å². The fourth-order valence-corrected chi connectivity index (χ4v) is 1.79. The summed E-state index contributed by atoms with van der Waals surface area (Å²) >= 11 is 0. The van der Waals surface area contributed by atoms with E-state index in [0.29, 0.717) is 0 Å². The van der Waals surface area contributed by atoms with Crippen LogP contribution in [0.4, 0.5) is 0 Å². The van der Waals surface area contributed by atoms with Crippen LogP contribution in [0.15, 0.2) is 0 Å². The van der Waals surface area contributed by atoms with Gasteiger partial charge < -0.3 is 9.80 Å². The fraction of sp³-hybridized carbons (Fsp3) is 0.857. The Labute approximate surface area is 101 Å². The minimum atomic E-state index is 0.161. The quantitative estimate of drug-likeness (QED) is 0.533. The molecule has 0 bridgehead atoms. The lowest BCUT2D eigenvalue weighted by Crippen LogP contribution is -2.44. The number of unbranched alkanes of at least 4 members (excludes halogenated alkanes) is 1. The van der Waals surface area contributed by atoms with Crippen LogP contribution in [0.2, 0.25) is 0 Å². The summed E-state index contributed by atoms with van der Waals surface area (Å²) in [6, 6.07) is 0. The topological polar surface area (TPSA) is 6.48 Å². The van der Waals surface area contributed by atoms with E-state index < -0.39 is 0 Å². The molecule has 1 aliphatic rings. The highest BCUT2D eigenvalue weighted by atomic mass is 15.2. The van der Waals surface area contributed by atoms with Gasteiger partial charge in [0, 0.05) is 38.0 Å². The lowest BCUT2D eigenvalue weighted by molar-refractivity contribution is 0.153. The predicted molar refractivity (Wildman–Crippen MR) is 70.4 cm³/mol. The maximum Gasteiger partial charge on any atom is 0.0230 e. The molecular weight excluding hydrogens is 196 g/mol. The van der Waals surface area contributed by atoms with Gasteiger partial charge in [-0.25, -0.2) is 0 Å². The van der Waals surface area contributed by atoms with Crippen molar-refractivity contribution in [1.82, 2.24) is 9.80 Å². The Morgan fingerprint density at radius 3 is 2.25 bits per heavy atom. The second kappa shape index (κ2) is 6.27. The molecule has 0 aromatic rings. The Morgan fingerprint density at radius 1 is 1.06 bits per heavy atom. The molecule has 1 saturated heterocycles. The van der Waals surface area contributed by atoms with Gasteiger partial charge in [-0.05, 0) is 40.8 Å². The predicted octanol–water partition coefficient (Wildman–Crippen LogP) is 2.06. The number of hydrogen-bond donors (Lipinski definition) is 0. The van der Waals surface area contributed by atoms with Crippen molar-refractivity contribution in [3.8, 4) is 11.8 Å². The largest absolute Gasteiger partial charge is 0.304 e. The summed E-state index contributed by atoms with van der Waals surface area (Å²) in [5.74, 6) is 6.58.